The van der Waals surface area contributed by atoms with Crippen LogP contribution in [-0.2, 0) is 24.8 Å². The lowest BCUT2D eigenvalue weighted by molar-refractivity contribution is -0.00835. The maximum absolute atomic E-state index is 14.4. The third-order valence-corrected chi connectivity index (χ3v) is 12.3. The first-order valence-electron chi connectivity index (χ1n) is 16.2. The van der Waals surface area contributed by atoms with Crippen molar-refractivity contribution in [1.29, 1.82) is 0 Å². The molecule has 0 saturated heterocycles. The summed E-state index contributed by atoms with van der Waals surface area (Å²) in [5.41, 5.74) is 0.643. The molecule has 0 radical (unpaired) electrons. The van der Waals surface area contributed by atoms with Gasteiger partial charge in [-0.3, -0.25) is 9.52 Å². The zero-order valence-electron chi connectivity index (χ0n) is 29.2. The van der Waals surface area contributed by atoms with Gasteiger partial charge in [-0.2, -0.15) is 4.31 Å². The summed E-state index contributed by atoms with van der Waals surface area (Å²) >= 11 is 0. The third-order valence-electron chi connectivity index (χ3n) is 8.61. The van der Waals surface area contributed by atoms with E-state index >= 15 is 0 Å². The van der Waals surface area contributed by atoms with E-state index in [2.05, 4.69) is 15.0 Å². The largest absolute Gasteiger partial charge is 0.490 e. The van der Waals surface area contributed by atoms with Gasteiger partial charge in [-0.15, -0.1) is 0 Å². The van der Waals surface area contributed by atoms with Crippen LogP contribution in [0.3, 0.4) is 0 Å². The van der Waals surface area contributed by atoms with Gasteiger partial charge in [-0.1, -0.05) is 17.2 Å². The first-order valence-corrected chi connectivity index (χ1v) is 19.1. The number of hydrogen-bond donors (Lipinski definition) is 2. The molecular weight excluding hydrogens is 679 g/mol. The van der Waals surface area contributed by atoms with Crippen LogP contribution in [0.1, 0.15) is 73.3 Å². The summed E-state index contributed by atoms with van der Waals surface area (Å²) in [5, 5.41) is 17.8. The summed E-state index contributed by atoms with van der Waals surface area (Å²) < 4.78 is 80.2. The Morgan fingerprint density at radius 1 is 1.02 bits per heavy atom. The van der Waals surface area contributed by atoms with Crippen LogP contribution in [0.5, 0.6) is 5.75 Å². The molecular formula is C32H47N5O10S2. The first-order chi connectivity index (χ1) is 23.0. The minimum atomic E-state index is -4.12. The fraction of sp³-hybridized carbons (Fsp3) is 0.594. The summed E-state index contributed by atoms with van der Waals surface area (Å²) in [6.45, 7) is 11.6. The first kappa shape index (κ1) is 38.3. The Kier molecular flexibility index (Phi) is 12.2. The number of aliphatic hydroxyl groups excluding tert-OH is 1. The van der Waals surface area contributed by atoms with Crippen molar-refractivity contribution in [3.8, 4) is 5.75 Å². The average molecular weight is 726 g/mol. The molecule has 0 saturated carbocycles. The lowest BCUT2D eigenvalue weighted by Gasteiger charge is -2.35. The van der Waals surface area contributed by atoms with Gasteiger partial charge in [0.15, 0.2) is 16.4 Å². The molecule has 15 nitrogen and oxygen atoms in total. The summed E-state index contributed by atoms with van der Waals surface area (Å²) in [5.74, 6) is -0.360. The SMILES string of the molecule is Cc1noc(C)c1S(=O)(=O)Nc1ccc2c(c1)C(=O)N([C@H](C)CO)C[C@H](C)[C@H](CN(C)S(=O)(=O)c1c(C)noc1C)OCCCC[C@@H](C)O2. The molecule has 0 aliphatic carbocycles. The highest BCUT2D eigenvalue weighted by Crippen LogP contribution is 2.31. The molecule has 3 aromatic rings. The minimum absolute atomic E-state index is 0.000582. The number of likely N-dealkylation sites (N-methyl/N-ethyl adjacent to an activating group) is 1. The smallest absolute Gasteiger partial charge is 0.267 e. The molecule has 2 N–H and O–H groups in total. The number of ether oxygens (including phenoxy) is 2. The number of aliphatic hydroxyl groups is 1. The van der Waals surface area contributed by atoms with Crippen LogP contribution in [0, 0.1) is 33.6 Å². The van der Waals surface area contributed by atoms with E-state index in [-0.39, 0.29) is 75.5 Å². The van der Waals surface area contributed by atoms with Crippen molar-refractivity contribution >= 4 is 31.6 Å². The van der Waals surface area contributed by atoms with E-state index < -0.39 is 44.0 Å². The molecule has 0 fully saturated rings. The Bertz CT molecular complexity index is 1800. The molecule has 4 rings (SSSR count). The number of benzene rings is 1. The number of anilines is 1. The van der Waals surface area contributed by atoms with Crippen LogP contribution in [0.25, 0.3) is 0 Å². The number of sulfonamides is 2. The second-order valence-electron chi connectivity index (χ2n) is 12.7. The van der Waals surface area contributed by atoms with Gasteiger partial charge in [-0.25, -0.2) is 16.8 Å². The molecule has 1 amide bonds. The Labute approximate surface area is 288 Å². The number of carbonyl (C=O) groups is 1. The van der Waals surface area contributed by atoms with Gasteiger partial charge >= 0.3 is 0 Å². The van der Waals surface area contributed by atoms with Gasteiger partial charge in [-0.05, 0) is 79.0 Å². The van der Waals surface area contributed by atoms with E-state index in [0.717, 1.165) is 6.42 Å². The molecule has 2 aromatic heterocycles. The number of fused-ring (bicyclic) bond motifs is 1. The number of hydrogen-bond acceptors (Lipinski definition) is 12. The van der Waals surface area contributed by atoms with Crippen molar-refractivity contribution in [3.63, 3.8) is 0 Å². The van der Waals surface area contributed by atoms with Gasteiger partial charge in [0.2, 0.25) is 10.0 Å². The molecule has 0 unspecified atom stereocenters. The molecule has 3 heterocycles. The van der Waals surface area contributed by atoms with Crippen LogP contribution in [-0.4, -0.2) is 99.0 Å². The minimum Gasteiger partial charge on any atom is -0.490 e. The van der Waals surface area contributed by atoms with Crippen LogP contribution >= 0.6 is 0 Å². The molecule has 0 spiro atoms. The fourth-order valence-corrected chi connectivity index (χ4v) is 8.71. The van der Waals surface area contributed by atoms with E-state index in [1.54, 1.807) is 19.9 Å². The molecule has 272 valence electrons. The maximum Gasteiger partial charge on any atom is 0.267 e. The quantitative estimate of drug-likeness (QED) is 0.324. The van der Waals surface area contributed by atoms with Crippen molar-refractivity contribution < 1.29 is 45.3 Å². The van der Waals surface area contributed by atoms with Crippen molar-refractivity contribution in [2.24, 2.45) is 5.92 Å². The normalized spacial score (nSPS) is 20.8. The number of aryl methyl sites for hydroxylation is 4. The molecule has 49 heavy (non-hydrogen) atoms. The number of nitrogens with zero attached hydrogens (tertiary/aromatic N) is 4. The topological polar surface area (TPSA) is 195 Å². The van der Waals surface area contributed by atoms with Crippen LogP contribution in [0.4, 0.5) is 5.69 Å². The van der Waals surface area contributed by atoms with Crippen LogP contribution < -0.4 is 9.46 Å². The van der Waals surface area contributed by atoms with E-state index in [4.69, 9.17) is 18.5 Å². The van der Waals surface area contributed by atoms with Gasteiger partial charge in [0.05, 0.1) is 30.4 Å². The van der Waals surface area contributed by atoms with Crippen molar-refractivity contribution in [2.45, 2.75) is 95.8 Å². The summed E-state index contributed by atoms with van der Waals surface area (Å²) in [6.07, 6.45) is 1.12. The van der Waals surface area contributed by atoms with Gasteiger partial charge in [0.1, 0.15) is 22.0 Å². The van der Waals surface area contributed by atoms with E-state index in [1.807, 2.05) is 13.8 Å². The highest BCUT2D eigenvalue weighted by molar-refractivity contribution is 7.92. The second kappa shape index (κ2) is 15.6. The zero-order chi connectivity index (χ0) is 36.3. The number of rotatable bonds is 9. The highest BCUT2D eigenvalue weighted by atomic mass is 32.2. The second-order valence-corrected chi connectivity index (χ2v) is 16.3. The monoisotopic (exact) mass is 725 g/mol. The van der Waals surface area contributed by atoms with E-state index in [1.165, 1.54) is 49.2 Å². The van der Waals surface area contributed by atoms with Crippen molar-refractivity contribution in [1.82, 2.24) is 19.5 Å². The van der Waals surface area contributed by atoms with E-state index in [0.29, 0.717) is 19.4 Å². The van der Waals surface area contributed by atoms with Crippen LogP contribution in [0.15, 0.2) is 37.0 Å². The van der Waals surface area contributed by atoms with E-state index in [9.17, 15) is 26.7 Å². The Hall–Kier alpha value is -3.51. The van der Waals surface area contributed by atoms with Crippen molar-refractivity contribution in [3.05, 3.63) is 46.7 Å². The molecule has 1 aliphatic rings. The summed E-state index contributed by atoms with van der Waals surface area (Å²) in [7, 11) is -6.64. The lowest BCUT2D eigenvalue weighted by atomic mass is 10.0. The lowest BCUT2D eigenvalue weighted by Crippen LogP contribution is -2.48. The highest BCUT2D eigenvalue weighted by Gasteiger charge is 2.35. The molecule has 1 aliphatic heterocycles. The number of carbonyl (C=O) groups excluding carboxylic acids is 1. The zero-order valence-corrected chi connectivity index (χ0v) is 30.9. The summed E-state index contributed by atoms with van der Waals surface area (Å²) in [4.78, 5) is 15.8. The molecule has 17 heteroatoms. The standard InChI is InChI=1S/C32H47N5O10S2/c1-19-16-37(20(2)18-38)32(39)27-15-26(35-48(40,41)30-22(4)33-46-24(30)6)12-13-28(27)45-21(3)11-9-10-14-44-29(19)17-36(8)49(42,43)31-23(5)34-47-25(31)7/h12-13,15,19-21,29,35,38H,9-11,14,16-18H2,1-8H3/t19-,20+,21+,29-/m0/s1. The molecule has 0 bridgehead atoms. The third kappa shape index (κ3) is 8.63. The summed E-state index contributed by atoms with van der Waals surface area (Å²) in [6, 6.07) is 3.80. The number of amides is 1. The Balaban J connectivity index is 1.70. The van der Waals surface area contributed by atoms with Gasteiger partial charge in [0, 0.05) is 38.3 Å². The van der Waals surface area contributed by atoms with Crippen molar-refractivity contribution in [2.75, 3.05) is 38.1 Å². The maximum atomic E-state index is 14.4. The number of nitrogens with one attached hydrogen (secondary N) is 1. The molecule has 1 aromatic carbocycles. The fourth-order valence-electron chi connectivity index (χ4n) is 5.86. The van der Waals surface area contributed by atoms with Gasteiger partial charge in [0.25, 0.3) is 15.9 Å². The average Bonchev–Trinajstić information content (AvgIpc) is 3.57. The Morgan fingerprint density at radius 3 is 2.24 bits per heavy atom. The number of aromatic nitrogens is 2. The Morgan fingerprint density at radius 2 is 1.65 bits per heavy atom. The van der Waals surface area contributed by atoms with Crippen LogP contribution in [0.2, 0.25) is 0 Å². The predicted octanol–water partition coefficient (Wildman–Crippen LogP) is 3.81. The molecule has 4 atom stereocenters. The predicted molar refractivity (Wildman–Crippen MR) is 179 cm³/mol. The van der Waals surface area contributed by atoms with Gasteiger partial charge < -0.3 is 28.5 Å².